The zero-order valence-corrected chi connectivity index (χ0v) is 19.6. The lowest BCUT2D eigenvalue weighted by Crippen LogP contribution is -2.51. The van der Waals surface area contributed by atoms with Crippen molar-refractivity contribution in [3.63, 3.8) is 0 Å². The zero-order chi connectivity index (χ0) is 23.9. The first-order chi connectivity index (χ1) is 17.1. The van der Waals surface area contributed by atoms with Gasteiger partial charge in [-0.2, -0.15) is 0 Å². The highest BCUT2D eigenvalue weighted by Gasteiger charge is 2.39. The van der Waals surface area contributed by atoms with Crippen LogP contribution < -0.4 is 10.2 Å². The number of piperidine rings is 1. The quantitative estimate of drug-likeness (QED) is 0.615. The average Bonchev–Trinajstić information content (AvgIpc) is 3.16. The van der Waals surface area contributed by atoms with E-state index in [9.17, 15) is 14.0 Å². The Bertz CT molecular complexity index is 1320. The summed E-state index contributed by atoms with van der Waals surface area (Å²) in [6.45, 7) is 4.26. The monoisotopic (exact) mass is 473 g/mol. The van der Waals surface area contributed by atoms with Gasteiger partial charge in [0.05, 0.1) is 18.9 Å². The lowest BCUT2D eigenvalue weighted by molar-refractivity contribution is -0.123. The predicted molar refractivity (Wildman–Crippen MR) is 132 cm³/mol. The number of amides is 2. The third kappa shape index (κ3) is 3.98. The molecule has 0 aliphatic carbocycles. The lowest BCUT2D eigenvalue weighted by Gasteiger charge is -2.31. The van der Waals surface area contributed by atoms with E-state index in [1.807, 2.05) is 42.5 Å². The number of hydrogen-bond acceptors (Lipinski definition) is 4. The van der Waals surface area contributed by atoms with E-state index in [1.54, 1.807) is 11.0 Å². The van der Waals surface area contributed by atoms with Crippen LogP contribution in [0.4, 0.5) is 10.1 Å². The first-order valence-corrected chi connectivity index (χ1v) is 12.3. The maximum absolute atomic E-state index is 15.0. The minimum Gasteiger partial charge on any atom is -0.379 e. The number of hydrogen-bond donors (Lipinski definition) is 1. The second-order valence-electron chi connectivity index (χ2n) is 9.59. The predicted octanol–water partition coefficient (Wildman–Crippen LogP) is 3.64. The van der Waals surface area contributed by atoms with Gasteiger partial charge in [-0.1, -0.05) is 30.3 Å². The number of morpholine rings is 1. The number of benzene rings is 3. The lowest BCUT2D eigenvalue weighted by atomic mass is 9.95. The molecule has 0 saturated carbocycles. The topological polar surface area (TPSA) is 61.9 Å². The number of anilines is 1. The van der Waals surface area contributed by atoms with Gasteiger partial charge in [-0.3, -0.25) is 19.4 Å². The normalized spacial score (nSPS) is 20.5. The van der Waals surface area contributed by atoms with Crippen molar-refractivity contribution >= 4 is 28.3 Å². The molecule has 1 N–H and O–H groups in total. The molecular weight excluding hydrogens is 445 g/mol. The Hall–Kier alpha value is -3.29. The Labute approximate surface area is 203 Å². The molecule has 1 atom stereocenters. The van der Waals surface area contributed by atoms with Gasteiger partial charge in [-0.25, -0.2) is 4.39 Å². The van der Waals surface area contributed by atoms with Crippen LogP contribution in [0.1, 0.15) is 39.9 Å². The fraction of sp³-hybridized carbons (Fsp3) is 0.357. The zero-order valence-electron chi connectivity index (χ0n) is 19.6. The van der Waals surface area contributed by atoms with E-state index in [0.717, 1.165) is 47.1 Å². The Morgan fingerprint density at radius 1 is 1.03 bits per heavy atom. The molecule has 180 valence electrons. The summed E-state index contributed by atoms with van der Waals surface area (Å²) in [7, 11) is 0. The molecule has 3 aliphatic rings. The van der Waals surface area contributed by atoms with Crippen molar-refractivity contribution < 1.29 is 18.7 Å². The van der Waals surface area contributed by atoms with Crippen LogP contribution in [-0.4, -0.2) is 55.6 Å². The van der Waals surface area contributed by atoms with Gasteiger partial charge in [0.15, 0.2) is 0 Å². The van der Waals surface area contributed by atoms with Gasteiger partial charge in [-0.15, -0.1) is 0 Å². The van der Waals surface area contributed by atoms with Gasteiger partial charge >= 0.3 is 0 Å². The standard InChI is InChI=1S/C28H28FN3O3/c29-23-16-18(6-7-20(23)17-31-11-13-35-14-12-31)15-19-8-9-24-26-21(19)3-1-4-22(26)28(34)32(24)25-5-2-10-30-27(25)33/h1,3-4,6-9,16,25H,2,5,10-15,17H2,(H,30,33). The summed E-state index contributed by atoms with van der Waals surface area (Å²) in [5, 5.41) is 4.75. The molecule has 35 heavy (non-hydrogen) atoms. The molecule has 2 fully saturated rings. The molecule has 3 aliphatic heterocycles. The minimum absolute atomic E-state index is 0.0951. The summed E-state index contributed by atoms with van der Waals surface area (Å²) < 4.78 is 20.3. The SMILES string of the molecule is O=C1NCCCC1N1C(=O)c2cccc3c(Cc4ccc(CN5CCOCC5)c(F)c4)ccc1c23. The molecule has 3 aromatic rings. The van der Waals surface area contributed by atoms with Crippen molar-refractivity contribution in [3.8, 4) is 0 Å². The summed E-state index contributed by atoms with van der Waals surface area (Å²) in [4.78, 5) is 29.7. The maximum atomic E-state index is 15.0. The van der Waals surface area contributed by atoms with Gasteiger partial charge in [0, 0.05) is 42.7 Å². The van der Waals surface area contributed by atoms with Gasteiger partial charge in [0.25, 0.3) is 5.91 Å². The number of ether oxygens (including phenoxy) is 1. The molecule has 0 radical (unpaired) electrons. The highest BCUT2D eigenvalue weighted by atomic mass is 19.1. The Kier molecular flexibility index (Phi) is 5.74. The highest BCUT2D eigenvalue weighted by Crippen LogP contribution is 2.41. The molecule has 6 nitrogen and oxygen atoms in total. The first kappa shape index (κ1) is 22.2. The van der Waals surface area contributed by atoms with Gasteiger partial charge in [-0.05, 0) is 54.0 Å². The molecule has 0 aromatic heterocycles. The molecular formula is C28H28FN3O3. The van der Waals surface area contributed by atoms with Crippen molar-refractivity contribution in [1.29, 1.82) is 0 Å². The Balaban J connectivity index is 1.30. The highest BCUT2D eigenvalue weighted by molar-refractivity contribution is 6.27. The first-order valence-electron chi connectivity index (χ1n) is 12.3. The van der Waals surface area contributed by atoms with Crippen molar-refractivity contribution in [1.82, 2.24) is 10.2 Å². The van der Waals surface area contributed by atoms with Crippen LogP contribution in [0.25, 0.3) is 10.8 Å². The van der Waals surface area contributed by atoms with E-state index in [-0.39, 0.29) is 17.6 Å². The van der Waals surface area contributed by atoms with Crippen molar-refractivity contribution in [2.24, 2.45) is 0 Å². The second-order valence-corrected chi connectivity index (χ2v) is 9.59. The van der Waals surface area contributed by atoms with Crippen LogP contribution in [0.15, 0.2) is 48.5 Å². The van der Waals surface area contributed by atoms with E-state index < -0.39 is 6.04 Å². The minimum atomic E-state index is -0.481. The fourth-order valence-electron chi connectivity index (χ4n) is 5.58. The number of nitrogens with one attached hydrogen (secondary N) is 1. The van der Waals surface area contributed by atoms with Crippen LogP contribution in [0.3, 0.4) is 0 Å². The molecule has 1 unspecified atom stereocenters. The summed E-state index contributed by atoms with van der Waals surface area (Å²) in [6.07, 6.45) is 2.07. The Morgan fingerprint density at radius 2 is 1.86 bits per heavy atom. The maximum Gasteiger partial charge on any atom is 0.259 e. The smallest absolute Gasteiger partial charge is 0.259 e. The van der Waals surface area contributed by atoms with Crippen molar-refractivity contribution in [2.75, 3.05) is 37.7 Å². The van der Waals surface area contributed by atoms with Crippen LogP contribution in [0, 0.1) is 5.82 Å². The molecule has 7 heteroatoms. The van der Waals surface area contributed by atoms with Crippen molar-refractivity contribution in [2.45, 2.75) is 31.8 Å². The number of rotatable bonds is 5. The molecule has 3 aromatic carbocycles. The van der Waals surface area contributed by atoms with E-state index in [2.05, 4.69) is 10.2 Å². The van der Waals surface area contributed by atoms with Gasteiger partial charge < -0.3 is 10.1 Å². The van der Waals surface area contributed by atoms with Crippen LogP contribution in [0.2, 0.25) is 0 Å². The van der Waals surface area contributed by atoms with E-state index in [1.165, 1.54) is 0 Å². The molecule has 0 spiro atoms. The van der Waals surface area contributed by atoms with Crippen LogP contribution in [0.5, 0.6) is 0 Å². The summed E-state index contributed by atoms with van der Waals surface area (Å²) >= 11 is 0. The van der Waals surface area contributed by atoms with Crippen LogP contribution in [-0.2, 0) is 22.5 Å². The summed E-state index contributed by atoms with van der Waals surface area (Å²) in [5.41, 5.74) is 4.04. The molecule has 0 bridgehead atoms. The number of carbonyl (C=O) groups excluding carboxylic acids is 2. The molecule has 2 amide bonds. The average molecular weight is 474 g/mol. The summed E-state index contributed by atoms with van der Waals surface area (Å²) in [5.74, 6) is -0.407. The molecule has 2 saturated heterocycles. The third-order valence-corrected chi connectivity index (χ3v) is 7.40. The van der Waals surface area contributed by atoms with Gasteiger partial charge in [0.2, 0.25) is 5.91 Å². The number of nitrogens with zero attached hydrogens (tertiary/aromatic N) is 2. The Morgan fingerprint density at radius 3 is 2.66 bits per heavy atom. The van der Waals surface area contributed by atoms with Crippen LogP contribution >= 0.6 is 0 Å². The number of carbonyl (C=O) groups is 2. The summed E-state index contributed by atoms with van der Waals surface area (Å²) in [6, 6.07) is 14.7. The van der Waals surface area contributed by atoms with E-state index in [0.29, 0.717) is 50.3 Å². The third-order valence-electron chi connectivity index (χ3n) is 7.40. The molecule has 3 heterocycles. The van der Waals surface area contributed by atoms with E-state index in [4.69, 9.17) is 4.74 Å². The van der Waals surface area contributed by atoms with Crippen molar-refractivity contribution in [3.05, 3.63) is 76.6 Å². The van der Waals surface area contributed by atoms with Gasteiger partial charge in [0.1, 0.15) is 11.9 Å². The fourth-order valence-corrected chi connectivity index (χ4v) is 5.58. The number of halogens is 1. The van der Waals surface area contributed by atoms with E-state index >= 15 is 0 Å². The second kappa shape index (κ2) is 9.06. The largest absolute Gasteiger partial charge is 0.379 e. The molecule has 6 rings (SSSR count).